The van der Waals surface area contributed by atoms with Gasteiger partial charge in [0.1, 0.15) is 11.4 Å². The number of amides is 2. The molecule has 0 spiro atoms. The van der Waals surface area contributed by atoms with Gasteiger partial charge in [-0.15, -0.1) is 0 Å². The maximum absolute atomic E-state index is 13.3. The minimum atomic E-state index is -0.894. The van der Waals surface area contributed by atoms with Crippen LogP contribution < -0.4 is 10.1 Å². The summed E-state index contributed by atoms with van der Waals surface area (Å²) in [6.07, 6.45) is -0.636. The van der Waals surface area contributed by atoms with E-state index in [0.717, 1.165) is 5.56 Å². The lowest BCUT2D eigenvalue weighted by Gasteiger charge is -2.39. The first-order chi connectivity index (χ1) is 14.7. The third-order valence-corrected chi connectivity index (χ3v) is 5.49. The first-order valence-electron chi connectivity index (χ1n) is 9.66. The Balaban J connectivity index is 1.91. The van der Waals surface area contributed by atoms with Crippen molar-refractivity contribution in [2.75, 3.05) is 13.7 Å². The number of nitro groups is 1. The Kier molecular flexibility index (Phi) is 4.88. The monoisotopic (exact) mass is 423 g/mol. The van der Waals surface area contributed by atoms with E-state index >= 15 is 0 Å². The molecule has 4 rings (SSSR count). The summed E-state index contributed by atoms with van der Waals surface area (Å²) in [6.45, 7) is 3.99. The van der Waals surface area contributed by atoms with Crippen molar-refractivity contribution in [3.63, 3.8) is 0 Å². The number of carbonyl (C=O) groups excluding carboxylic acids is 2. The molecule has 0 fully saturated rings. The van der Waals surface area contributed by atoms with Crippen LogP contribution in [0.15, 0.2) is 48.0 Å². The third-order valence-electron chi connectivity index (χ3n) is 5.49. The molecule has 0 aromatic heterocycles. The molecule has 9 heteroatoms. The van der Waals surface area contributed by atoms with Gasteiger partial charge in [-0.3, -0.25) is 14.9 Å². The Hall–Kier alpha value is -3.88. The zero-order chi connectivity index (χ0) is 22.3. The highest BCUT2D eigenvalue weighted by molar-refractivity contribution is 6.04. The van der Waals surface area contributed by atoms with Crippen molar-refractivity contribution in [2.45, 2.75) is 26.0 Å². The molecule has 0 saturated carbocycles. The molecule has 2 amide bonds. The van der Waals surface area contributed by atoms with Crippen LogP contribution in [0.2, 0.25) is 0 Å². The standard InChI is InChI=1S/C22H21N3O6/c1-22(2)17(11-23-21(27)30-3)19(16-10-14(25(28)29)8-9-18(16)31-22)24-12-13-6-4-5-7-15(13)20(24)26/h4-10H,11-12H2,1-3H3,(H,23,27). The van der Waals surface area contributed by atoms with E-state index in [2.05, 4.69) is 10.1 Å². The van der Waals surface area contributed by atoms with Crippen LogP contribution >= 0.6 is 0 Å². The van der Waals surface area contributed by atoms with Crippen LogP contribution in [0.4, 0.5) is 10.5 Å². The van der Waals surface area contributed by atoms with Gasteiger partial charge in [0.2, 0.25) is 0 Å². The fraction of sp³-hybridized carbons (Fsp3) is 0.273. The van der Waals surface area contributed by atoms with E-state index in [1.165, 1.54) is 25.3 Å². The summed E-state index contributed by atoms with van der Waals surface area (Å²) in [5.74, 6) is 0.215. The Bertz CT molecular complexity index is 1140. The average Bonchev–Trinajstić information content (AvgIpc) is 3.07. The zero-order valence-electron chi connectivity index (χ0n) is 17.3. The molecule has 2 heterocycles. The van der Waals surface area contributed by atoms with Gasteiger partial charge in [0.15, 0.2) is 0 Å². The van der Waals surface area contributed by atoms with Crippen molar-refractivity contribution in [3.8, 4) is 5.75 Å². The van der Waals surface area contributed by atoms with Crippen molar-refractivity contribution in [1.82, 2.24) is 10.2 Å². The lowest BCUT2D eigenvalue weighted by Crippen LogP contribution is -2.43. The van der Waals surface area contributed by atoms with Crippen LogP contribution in [-0.4, -0.2) is 41.1 Å². The number of carbonyl (C=O) groups is 2. The van der Waals surface area contributed by atoms with Gasteiger partial charge in [0.25, 0.3) is 11.6 Å². The average molecular weight is 423 g/mol. The number of benzene rings is 2. The highest BCUT2D eigenvalue weighted by atomic mass is 16.6. The van der Waals surface area contributed by atoms with E-state index < -0.39 is 16.6 Å². The summed E-state index contributed by atoms with van der Waals surface area (Å²) in [4.78, 5) is 37.5. The number of nitrogens with one attached hydrogen (secondary N) is 1. The van der Waals surface area contributed by atoms with Gasteiger partial charge in [0, 0.05) is 35.4 Å². The quantitative estimate of drug-likeness (QED) is 0.595. The van der Waals surface area contributed by atoms with Crippen molar-refractivity contribution >= 4 is 23.4 Å². The van der Waals surface area contributed by atoms with Crippen molar-refractivity contribution < 1.29 is 24.0 Å². The Morgan fingerprint density at radius 2 is 2.00 bits per heavy atom. The van der Waals surface area contributed by atoms with Gasteiger partial charge in [-0.1, -0.05) is 18.2 Å². The molecule has 0 aliphatic carbocycles. The van der Waals surface area contributed by atoms with Crippen molar-refractivity contribution in [2.24, 2.45) is 0 Å². The molecule has 2 aliphatic heterocycles. The molecule has 0 bridgehead atoms. The summed E-state index contributed by atoms with van der Waals surface area (Å²) in [5.41, 5.74) is 1.94. The lowest BCUT2D eigenvalue weighted by molar-refractivity contribution is -0.384. The van der Waals surface area contributed by atoms with Gasteiger partial charge < -0.3 is 19.7 Å². The summed E-state index contributed by atoms with van der Waals surface area (Å²) in [6, 6.07) is 11.6. The topological polar surface area (TPSA) is 111 Å². The van der Waals surface area contributed by atoms with Crippen LogP contribution in [-0.2, 0) is 11.3 Å². The maximum atomic E-state index is 13.3. The van der Waals surface area contributed by atoms with Gasteiger partial charge in [-0.25, -0.2) is 4.79 Å². The Labute approximate surface area is 178 Å². The van der Waals surface area contributed by atoms with Gasteiger partial charge in [-0.05, 0) is 31.5 Å². The third kappa shape index (κ3) is 3.48. The highest BCUT2D eigenvalue weighted by Crippen LogP contribution is 2.45. The molecule has 9 nitrogen and oxygen atoms in total. The van der Waals surface area contributed by atoms with E-state index in [1.54, 1.807) is 17.0 Å². The molecule has 0 saturated heterocycles. The summed E-state index contributed by atoms with van der Waals surface area (Å²) >= 11 is 0. The molecular weight excluding hydrogens is 402 g/mol. The lowest BCUT2D eigenvalue weighted by atomic mass is 9.88. The molecule has 0 radical (unpaired) electrons. The van der Waals surface area contributed by atoms with Crippen LogP contribution in [0.25, 0.3) is 5.70 Å². The second-order valence-corrected chi connectivity index (χ2v) is 7.77. The minimum Gasteiger partial charge on any atom is -0.483 e. The normalized spacial score (nSPS) is 16.4. The van der Waals surface area contributed by atoms with E-state index in [9.17, 15) is 19.7 Å². The van der Waals surface area contributed by atoms with Crippen LogP contribution in [0.5, 0.6) is 5.75 Å². The van der Waals surface area contributed by atoms with Gasteiger partial charge >= 0.3 is 6.09 Å². The number of alkyl carbamates (subject to hydrolysis) is 1. The molecular formula is C22H21N3O6. The number of methoxy groups -OCH3 is 1. The zero-order valence-corrected chi connectivity index (χ0v) is 17.3. The number of non-ortho nitro benzene ring substituents is 1. The molecule has 2 aromatic carbocycles. The van der Waals surface area contributed by atoms with E-state index in [-0.39, 0.29) is 18.1 Å². The number of rotatable bonds is 4. The first kappa shape index (κ1) is 20.4. The fourth-order valence-corrected chi connectivity index (χ4v) is 3.96. The Morgan fingerprint density at radius 1 is 1.26 bits per heavy atom. The van der Waals surface area contributed by atoms with E-state index in [1.807, 2.05) is 26.0 Å². The fourth-order valence-electron chi connectivity index (χ4n) is 3.96. The molecule has 2 aliphatic rings. The van der Waals surface area contributed by atoms with E-state index in [0.29, 0.717) is 34.7 Å². The van der Waals surface area contributed by atoms with Crippen molar-refractivity contribution in [3.05, 3.63) is 74.8 Å². The number of fused-ring (bicyclic) bond motifs is 2. The number of hydrogen-bond acceptors (Lipinski definition) is 6. The second kappa shape index (κ2) is 7.42. The number of hydrogen-bond donors (Lipinski definition) is 1. The SMILES string of the molecule is COC(=O)NCC1=C(N2Cc3ccccc3C2=O)c2cc([N+](=O)[O-])ccc2OC1(C)C. The van der Waals surface area contributed by atoms with Crippen LogP contribution in [0, 0.1) is 10.1 Å². The molecule has 0 unspecified atom stereocenters. The molecule has 2 aromatic rings. The number of nitro benzene ring substituents is 1. The van der Waals surface area contributed by atoms with Crippen LogP contribution in [0.3, 0.4) is 0 Å². The van der Waals surface area contributed by atoms with Gasteiger partial charge in [0.05, 0.1) is 24.3 Å². The molecule has 160 valence electrons. The van der Waals surface area contributed by atoms with Crippen molar-refractivity contribution in [1.29, 1.82) is 0 Å². The number of ether oxygens (including phenoxy) is 2. The minimum absolute atomic E-state index is 0.0390. The van der Waals surface area contributed by atoms with Crippen LogP contribution in [0.1, 0.15) is 35.3 Å². The predicted molar refractivity (Wildman–Crippen MR) is 111 cm³/mol. The highest BCUT2D eigenvalue weighted by Gasteiger charge is 2.41. The Morgan fingerprint density at radius 3 is 2.68 bits per heavy atom. The van der Waals surface area contributed by atoms with Gasteiger partial charge in [-0.2, -0.15) is 0 Å². The smallest absolute Gasteiger partial charge is 0.407 e. The first-order valence-corrected chi connectivity index (χ1v) is 9.66. The largest absolute Gasteiger partial charge is 0.483 e. The summed E-state index contributed by atoms with van der Waals surface area (Å²) in [5, 5.41) is 14.1. The number of nitrogens with zero attached hydrogens (tertiary/aromatic N) is 2. The predicted octanol–water partition coefficient (Wildman–Crippen LogP) is 3.49. The molecule has 1 N–H and O–H groups in total. The summed E-state index contributed by atoms with van der Waals surface area (Å²) < 4.78 is 10.8. The summed E-state index contributed by atoms with van der Waals surface area (Å²) in [7, 11) is 1.26. The van der Waals surface area contributed by atoms with E-state index in [4.69, 9.17) is 4.74 Å². The molecule has 31 heavy (non-hydrogen) atoms. The second-order valence-electron chi connectivity index (χ2n) is 7.77. The maximum Gasteiger partial charge on any atom is 0.407 e. The molecule has 0 atom stereocenters.